The van der Waals surface area contributed by atoms with Gasteiger partial charge < -0.3 is 24.7 Å². The van der Waals surface area contributed by atoms with Crippen molar-refractivity contribution in [3.8, 4) is 11.6 Å². The fourth-order valence-electron chi connectivity index (χ4n) is 3.51. The number of benzene rings is 1. The van der Waals surface area contributed by atoms with E-state index in [2.05, 4.69) is 5.10 Å². The van der Waals surface area contributed by atoms with Crippen molar-refractivity contribution in [3.05, 3.63) is 52.8 Å². The summed E-state index contributed by atoms with van der Waals surface area (Å²) in [6.07, 6.45) is 0. The lowest BCUT2D eigenvalue weighted by molar-refractivity contribution is -0.163. The molecule has 1 aliphatic rings. The maximum atomic E-state index is 13.4. The highest BCUT2D eigenvalue weighted by Gasteiger charge is 2.63. The Labute approximate surface area is 176 Å². The van der Waals surface area contributed by atoms with E-state index in [-0.39, 0.29) is 23.7 Å². The Hall–Kier alpha value is -3.89. The van der Waals surface area contributed by atoms with Gasteiger partial charge in [-0.15, -0.1) is 0 Å². The van der Waals surface area contributed by atoms with Gasteiger partial charge in [0.15, 0.2) is 0 Å². The summed E-state index contributed by atoms with van der Waals surface area (Å²) >= 11 is 0. The highest BCUT2D eigenvalue weighted by molar-refractivity contribution is 6.18. The van der Waals surface area contributed by atoms with Crippen LogP contribution in [0.3, 0.4) is 0 Å². The summed E-state index contributed by atoms with van der Waals surface area (Å²) in [6, 6.07) is 5.20. The number of nitrogens with zero attached hydrogens (tertiary/aromatic N) is 2. The van der Waals surface area contributed by atoms with Gasteiger partial charge in [-0.3, -0.25) is 9.59 Å². The van der Waals surface area contributed by atoms with Gasteiger partial charge in [0.05, 0.1) is 37.8 Å². The average Bonchev–Trinajstić information content (AvgIpc) is 3.08. The lowest BCUT2D eigenvalue weighted by Crippen LogP contribution is -2.53. The molecular formula is C20H20FN3O7. The molecule has 10 nitrogen and oxygen atoms in total. The van der Waals surface area contributed by atoms with Gasteiger partial charge in [-0.1, -0.05) is 0 Å². The maximum Gasteiger partial charge on any atom is 0.341 e. The summed E-state index contributed by atoms with van der Waals surface area (Å²) < 4.78 is 35.0. The van der Waals surface area contributed by atoms with Gasteiger partial charge in [-0.25, -0.2) is 13.9 Å². The number of hydrogen-bond donors (Lipinski definition) is 1. The van der Waals surface area contributed by atoms with Crippen LogP contribution in [0.2, 0.25) is 0 Å². The van der Waals surface area contributed by atoms with Crippen LogP contribution >= 0.6 is 0 Å². The van der Waals surface area contributed by atoms with E-state index in [1.165, 1.54) is 35.9 Å². The first kappa shape index (κ1) is 21.8. The molecule has 0 saturated carbocycles. The minimum atomic E-state index is -2.45. The zero-order valence-corrected chi connectivity index (χ0v) is 17.2. The van der Waals surface area contributed by atoms with Crippen LogP contribution < -0.4 is 10.5 Å². The van der Waals surface area contributed by atoms with Crippen molar-refractivity contribution in [2.24, 2.45) is 5.73 Å². The van der Waals surface area contributed by atoms with Crippen LogP contribution in [0.4, 0.5) is 4.39 Å². The minimum absolute atomic E-state index is 0.0608. The molecule has 2 N–H and O–H groups in total. The molecule has 0 fully saturated rings. The summed E-state index contributed by atoms with van der Waals surface area (Å²) in [5.41, 5.74) is 3.36. The Morgan fingerprint density at radius 3 is 2.26 bits per heavy atom. The smallest absolute Gasteiger partial charge is 0.341 e. The Kier molecular flexibility index (Phi) is 5.69. The van der Waals surface area contributed by atoms with Crippen LogP contribution in [-0.4, -0.2) is 48.5 Å². The van der Waals surface area contributed by atoms with Crippen molar-refractivity contribution < 1.29 is 37.7 Å². The molecule has 31 heavy (non-hydrogen) atoms. The van der Waals surface area contributed by atoms with E-state index < -0.39 is 40.6 Å². The van der Waals surface area contributed by atoms with Crippen molar-refractivity contribution in [1.29, 1.82) is 0 Å². The van der Waals surface area contributed by atoms with Gasteiger partial charge >= 0.3 is 17.9 Å². The van der Waals surface area contributed by atoms with Gasteiger partial charge in [0.2, 0.25) is 17.2 Å². The third-order valence-corrected chi connectivity index (χ3v) is 4.75. The molecule has 11 heteroatoms. The Bertz CT molecular complexity index is 1070. The quantitative estimate of drug-likeness (QED) is 0.417. The van der Waals surface area contributed by atoms with Crippen LogP contribution in [0.1, 0.15) is 18.2 Å². The van der Waals surface area contributed by atoms with Gasteiger partial charge in [0.25, 0.3) is 0 Å². The third kappa shape index (κ3) is 3.18. The van der Waals surface area contributed by atoms with Crippen molar-refractivity contribution >= 4 is 17.9 Å². The van der Waals surface area contributed by atoms with Gasteiger partial charge in [-0.2, -0.15) is 5.10 Å². The maximum absolute atomic E-state index is 13.4. The van der Waals surface area contributed by atoms with E-state index in [4.69, 9.17) is 24.7 Å². The number of esters is 3. The van der Waals surface area contributed by atoms with E-state index in [1.807, 2.05) is 0 Å². The number of fused-ring (bicyclic) bond motifs is 1. The van der Waals surface area contributed by atoms with Gasteiger partial charge in [-0.05, 0) is 38.1 Å². The average molecular weight is 433 g/mol. The van der Waals surface area contributed by atoms with Gasteiger partial charge in [0.1, 0.15) is 11.4 Å². The van der Waals surface area contributed by atoms with E-state index in [1.54, 1.807) is 6.92 Å². The topological polar surface area (TPSA) is 132 Å². The predicted octanol–water partition coefficient (Wildman–Crippen LogP) is 1.03. The zero-order chi connectivity index (χ0) is 22.9. The summed E-state index contributed by atoms with van der Waals surface area (Å²) in [4.78, 5) is 39.0. The minimum Gasteiger partial charge on any atom is -0.468 e. The number of halogens is 1. The molecule has 3 rings (SSSR count). The Morgan fingerprint density at radius 1 is 1.16 bits per heavy atom. The SMILES string of the molecule is CCOC(=O)C1=C(N)Oc2c(c(C)nn2-c2ccc(F)cc2)C1(C(=O)OC)C(=O)OC. The third-order valence-electron chi connectivity index (χ3n) is 4.75. The summed E-state index contributed by atoms with van der Waals surface area (Å²) in [5.74, 6) is -4.52. The predicted molar refractivity (Wildman–Crippen MR) is 102 cm³/mol. The van der Waals surface area contributed by atoms with E-state index in [9.17, 15) is 18.8 Å². The highest BCUT2D eigenvalue weighted by atomic mass is 19.1. The highest BCUT2D eigenvalue weighted by Crippen LogP contribution is 2.47. The van der Waals surface area contributed by atoms with E-state index in [0.29, 0.717) is 5.69 Å². The Morgan fingerprint density at radius 2 is 1.74 bits per heavy atom. The van der Waals surface area contributed by atoms with Gasteiger partial charge in [0, 0.05) is 0 Å². The van der Waals surface area contributed by atoms with Crippen LogP contribution in [0, 0.1) is 12.7 Å². The number of carbonyl (C=O) groups excluding carboxylic acids is 3. The number of hydrogen-bond acceptors (Lipinski definition) is 9. The molecule has 0 unspecified atom stereocenters. The molecule has 0 spiro atoms. The number of ether oxygens (including phenoxy) is 4. The number of nitrogens with two attached hydrogens (primary N) is 1. The lowest BCUT2D eigenvalue weighted by atomic mass is 9.72. The molecule has 2 aromatic rings. The molecule has 0 saturated heterocycles. The standard InChI is InChI=1S/C20H20FN3O7/c1-5-30-17(25)14-15(22)31-16-13(20(14,18(26)28-3)19(27)29-4)10(2)23-24(16)12-8-6-11(21)7-9-12/h6-9H,5,22H2,1-4H3. The van der Waals surface area contributed by atoms with E-state index >= 15 is 0 Å². The second-order valence-electron chi connectivity index (χ2n) is 6.45. The zero-order valence-electron chi connectivity index (χ0n) is 17.2. The van der Waals surface area contributed by atoms with Crippen molar-refractivity contribution in [1.82, 2.24) is 9.78 Å². The molecule has 1 aliphatic heterocycles. The first-order valence-electron chi connectivity index (χ1n) is 9.12. The largest absolute Gasteiger partial charge is 0.468 e. The Balaban J connectivity index is 2.41. The summed E-state index contributed by atoms with van der Waals surface area (Å²) in [7, 11) is 2.09. The molecule has 1 aromatic carbocycles. The van der Waals surface area contributed by atoms with Crippen molar-refractivity contribution in [2.45, 2.75) is 19.3 Å². The second-order valence-corrected chi connectivity index (χ2v) is 6.45. The normalized spacial score (nSPS) is 14.4. The van der Waals surface area contributed by atoms with Crippen LogP contribution in [-0.2, 0) is 34.0 Å². The van der Waals surface area contributed by atoms with E-state index in [0.717, 1.165) is 14.2 Å². The van der Waals surface area contributed by atoms with Crippen LogP contribution in [0.15, 0.2) is 35.7 Å². The molecule has 1 aromatic heterocycles. The van der Waals surface area contributed by atoms with Crippen molar-refractivity contribution in [3.63, 3.8) is 0 Å². The number of aromatic nitrogens is 2. The monoisotopic (exact) mass is 433 g/mol. The first-order valence-corrected chi connectivity index (χ1v) is 9.12. The molecular weight excluding hydrogens is 413 g/mol. The molecule has 0 bridgehead atoms. The molecule has 0 aliphatic carbocycles. The van der Waals surface area contributed by atoms with Crippen LogP contribution in [0.25, 0.3) is 5.69 Å². The lowest BCUT2D eigenvalue weighted by Gasteiger charge is -2.33. The molecule has 0 atom stereocenters. The first-order chi connectivity index (χ1) is 14.7. The molecule has 0 radical (unpaired) electrons. The van der Waals surface area contributed by atoms with Crippen LogP contribution in [0.5, 0.6) is 5.88 Å². The second kappa shape index (κ2) is 8.09. The molecule has 0 amide bonds. The molecule has 2 heterocycles. The fourth-order valence-corrected chi connectivity index (χ4v) is 3.51. The number of methoxy groups -OCH3 is 2. The summed E-state index contributed by atoms with van der Waals surface area (Å²) in [5, 5.41) is 4.31. The number of aryl methyl sites for hydroxylation is 1. The number of carbonyl (C=O) groups is 3. The fraction of sp³-hybridized carbons (Fsp3) is 0.300. The number of rotatable bonds is 5. The summed E-state index contributed by atoms with van der Waals surface area (Å²) in [6.45, 7) is 2.97. The van der Waals surface area contributed by atoms with Crippen molar-refractivity contribution in [2.75, 3.05) is 20.8 Å². The molecule has 164 valence electrons.